The standard InChI is InChI=1S/C28H34ClN3O6/c1-17-15-38-30-21(17)16-37-23-9-8-20(29)18-10-13-32(22(25(18)23)14-31-12-5-7-24(31)33)26(34)19-6-3-4-11-28(19,2)27(35)36/h8-9,15,19,22H,3-7,10-14,16H2,1-2H3,(H,35,36)/t19?,22?,28-/m0/s1. The van der Waals surface area contributed by atoms with Crippen LogP contribution in [0.2, 0.25) is 5.02 Å². The van der Waals surface area contributed by atoms with Gasteiger partial charge in [0.05, 0.1) is 17.4 Å². The van der Waals surface area contributed by atoms with Crippen LogP contribution in [0.4, 0.5) is 0 Å². The number of aromatic nitrogens is 1. The second-order valence-electron chi connectivity index (χ2n) is 10.9. The van der Waals surface area contributed by atoms with E-state index in [0.29, 0.717) is 61.8 Å². The molecule has 9 nitrogen and oxygen atoms in total. The molecule has 0 bridgehead atoms. The zero-order valence-corrected chi connectivity index (χ0v) is 22.6. The lowest BCUT2D eigenvalue weighted by Crippen LogP contribution is -2.52. The lowest BCUT2D eigenvalue weighted by Gasteiger charge is -2.45. The van der Waals surface area contributed by atoms with Crippen molar-refractivity contribution in [1.29, 1.82) is 0 Å². The Morgan fingerprint density at radius 2 is 2.05 bits per heavy atom. The molecule has 1 aromatic carbocycles. The van der Waals surface area contributed by atoms with Crippen molar-refractivity contribution in [2.45, 2.75) is 71.4 Å². The molecule has 1 saturated carbocycles. The number of aryl methyl sites for hydroxylation is 1. The topological polar surface area (TPSA) is 113 Å². The summed E-state index contributed by atoms with van der Waals surface area (Å²) in [7, 11) is 0. The van der Waals surface area contributed by atoms with Gasteiger partial charge in [0.15, 0.2) is 0 Å². The highest BCUT2D eigenvalue weighted by atomic mass is 35.5. The first kappa shape index (κ1) is 26.5. The van der Waals surface area contributed by atoms with Crippen LogP contribution in [0.25, 0.3) is 0 Å². The average Bonchev–Trinajstić information content (AvgIpc) is 3.50. The SMILES string of the molecule is Cc1conc1COc1ccc(Cl)c2c1C(CN1CCCC1=O)N(C(=O)C1CCCC[C@]1(C)C(=O)O)CC2. The van der Waals surface area contributed by atoms with Gasteiger partial charge in [-0.2, -0.15) is 0 Å². The zero-order chi connectivity index (χ0) is 27.0. The first-order valence-electron chi connectivity index (χ1n) is 13.4. The van der Waals surface area contributed by atoms with E-state index in [1.54, 1.807) is 35.1 Å². The van der Waals surface area contributed by atoms with Crippen molar-refractivity contribution in [2.75, 3.05) is 19.6 Å². The fourth-order valence-electron chi connectivity index (χ4n) is 6.25. The van der Waals surface area contributed by atoms with E-state index < -0.39 is 23.3 Å². The van der Waals surface area contributed by atoms with Crippen LogP contribution < -0.4 is 4.74 Å². The number of ether oxygens (including phenoxy) is 1. The van der Waals surface area contributed by atoms with Crippen LogP contribution in [0.1, 0.15) is 73.9 Å². The van der Waals surface area contributed by atoms with E-state index in [2.05, 4.69) is 5.16 Å². The summed E-state index contributed by atoms with van der Waals surface area (Å²) in [6.45, 7) is 5.10. The number of aliphatic carboxylic acids is 1. The molecule has 3 aliphatic rings. The molecular weight excluding hydrogens is 510 g/mol. The Hall–Kier alpha value is -3.07. The molecule has 0 spiro atoms. The van der Waals surface area contributed by atoms with Crippen molar-refractivity contribution in [3.8, 4) is 5.75 Å². The Balaban J connectivity index is 1.54. The predicted octanol–water partition coefficient (Wildman–Crippen LogP) is 4.54. The minimum absolute atomic E-state index is 0.0558. The van der Waals surface area contributed by atoms with Gasteiger partial charge in [0.25, 0.3) is 0 Å². The van der Waals surface area contributed by atoms with Crippen LogP contribution in [0.5, 0.6) is 5.75 Å². The maximum Gasteiger partial charge on any atom is 0.310 e. The van der Waals surface area contributed by atoms with Crippen LogP contribution in [-0.4, -0.2) is 57.5 Å². The van der Waals surface area contributed by atoms with Gasteiger partial charge in [-0.3, -0.25) is 14.4 Å². The molecule has 0 radical (unpaired) electrons. The van der Waals surface area contributed by atoms with Crippen molar-refractivity contribution >= 4 is 29.4 Å². The van der Waals surface area contributed by atoms with Crippen LogP contribution in [-0.2, 0) is 27.4 Å². The first-order chi connectivity index (χ1) is 18.2. The summed E-state index contributed by atoms with van der Waals surface area (Å²) in [6, 6.07) is 3.09. The van der Waals surface area contributed by atoms with Gasteiger partial charge in [0.1, 0.15) is 24.3 Å². The molecular formula is C28H34ClN3O6. The molecule has 2 aliphatic heterocycles. The van der Waals surface area contributed by atoms with Crippen LogP contribution in [0, 0.1) is 18.3 Å². The Bertz CT molecular complexity index is 1250. The van der Waals surface area contributed by atoms with Gasteiger partial charge in [-0.15, -0.1) is 0 Å². The molecule has 1 saturated heterocycles. The lowest BCUT2D eigenvalue weighted by atomic mass is 9.66. The number of halogens is 1. The van der Waals surface area contributed by atoms with Gasteiger partial charge in [-0.05, 0) is 57.2 Å². The van der Waals surface area contributed by atoms with Crippen molar-refractivity contribution < 1.29 is 28.8 Å². The van der Waals surface area contributed by atoms with Crippen molar-refractivity contribution in [3.63, 3.8) is 0 Å². The predicted molar refractivity (Wildman–Crippen MR) is 139 cm³/mol. The normalized spacial score (nSPS) is 25.4. The smallest absolute Gasteiger partial charge is 0.310 e. The molecule has 10 heteroatoms. The Morgan fingerprint density at radius 1 is 1.24 bits per heavy atom. The minimum Gasteiger partial charge on any atom is -0.487 e. The fourth-order valence-corrected chi connectivity index (χ4v) is 6.51. The monoisotopic (exact) mass is 543 g/mol. The molecule has 5 rings (SSSR count). The second kappa shape index (κ2) is 10.6. The van der Waals surface area contributed by atoms with E-state index in [1.165, 1.54) is 0 Å². The number of carboxylic acid groups (broad SMARTS) is 1. The Labute approximate surface area is 227 Å². The van der Waals surface area contributed by atoms with E-state index in [0.717, 1.165) is 36.0 Å². The third kappa shape index (κ3) is 4.77. The maximum atomic E-state index is 14.2. The third-order valence-corrected chi connectivity index (χ3v) is 8.98. The van der Waals surface area contributed by atoms with E-state index in [4.69, 9.17) is 20.9 Å². The molecule has 204 valence electrons. The number of carboxylic acids is 1. The molecule has 3 atom stereocenters. The van der Waals surface area contributed by atoms with Crippen LogP contribution in [0.3, 0.4) is 0 Å². The molecule has 1 aromatic heterocycles. The Kier molecular flexibility index (Phi) is 7.40. The fraction of sp³-hybridized carbons (Fsp3) is 0.571. The highest BCUT2D eigenvalue weighted by molar-refractivity contribution is 6.31. The van der Waals surface area contributed by atoms with Crippen molar-refractivity contribution in [3.05, 3.63) is 45.8 Å². The van der Waals surface area contributed by atoms with Crippen molar-refractivity contribution in [1.82, 2.24) is 15.0 Å². The highest BCUT2D eigenvalue weighted by Gasteiger charge is 2.50. The number of likely N-dealkylation sites (tertiary alicyclic amines) is 1. The summed E-state index contributed by atoms with van der Waals surface area (Å²) in [4.78, 5) is 42.8. The number of fused-ring (bicyclic) bond motifs is 1. The van der Waals surface area contributed by atoms with Gasteiger partial charge in [0.2, 0.25) is 11.8 Å². The average molecular weight is 544 g/mol. The number of rotatable bonds is 7. The molecule has 3 heterocycles. The molecule has 2 fully saturated rings. The largest absolute Gasteiger partial charge is 0.487 e. The molecule has 1 N–H and O–H groups in total. The number of benzene rings is 1. The van der Waals surface area contributed by atoms with E-state index >= 15 is 0 Å². The summed E-state index contributed by atoms with van der Waals surface area (Å²) in [5, 5.41) is 14.7. The third-order valence-electron chi connectivity index (χ3n) is 8.63. The van der Waals surface area contributed by atoms with E-state index in [-0.39, 0.29) is 18.4 Å². The molecule has 38 heavy (non-hydrogen) atoms. The molecule has 1 aliphatic carbocycles. The minimum atomic E-state index is -1.12. The highest BCUT2D eigenvalue weighted by Crippen LogP contribution is 2.46. The number of nitrogens with zero attached hydrogens (tertiary/aromatic N) is 3. The van der Waals surface area contributed by atoms with Gasteiger partial charge in [0, 0.05) is 42.2 Å². The van der Waals surface area contributed by atoms with Gasteiger partial charge >= 0.3 is 5.97 Å². The zero-order valence-electron chi connectivity index (χ0n) is 21.9. The first-order valence-corrected chi connectivity index (χ1v) is 13.7. The number of hydrogen-bond acceptors (Lipinski definition) is 6. The number of amides is 2. The van der Waals surface area contributed by atoms with Gasteiger partial charge < -0.3 is 24.2 Å². The second-order valence-corrected chi connectivity index (χ2v) is 11.3. The van der Waals surface area contributed by atoms with Gasteiger partial charge in [-0.1, -0.05) is 29.6 Å². The molecule has 2 unspecified atom stereocenters. The summed E-state index contributed by atoms with van der Waals surface area (Å²) in [6.07, 6.45) is 5.93. The van der Waals surface area contributed by atoms with E-state index in [1.807, 2.05) is 6.92 Å². The number of carbonyl (C=O) groups is 3. The summed E-state index contributed by atoms with van der Waals surface area (Å²) < 4.78 is 11.3. The summed E-state index contributed by atoms with van der Waals surface area (Å²) >= 11 is 6.67. The van der Waals surface area contributed by atoms with Crippen LogP contribution in [0.15, 0.2) is 22.9 Å². The quantitative estimate of drug-likeness (QED) is 0.545. The van der Waals surface area contributed by atoms with E-state index in [9.17, 15) is 19.5 Å². The maximum absolute atomic E-state index is 14.2. The molecule has 2 amide bonds. The lowest BCUT2D eigenvalue weighted by molar-refractivity contribution is -0.162. The van der Waals surface area contributed by atoms with Gasteiger partial charge in [-0.25, -0.2) is 0 Å². The number of carbonyl (C=O) groups excluding carboxylic acids is 2. The van der Waals surface area contributed by atoms with Crippen LogP contribution >= 0.6 is 11.6 Å². The summed E-state index contributed by atoms with van der Waals surface area (Å²) in [5.41, 5.74) is 2.09. The van der Waals surface area contributed by atoms with Crippen molar-refractivity contribution in [2.24, 2.45) is 11.3 Å². The number of hydrogen-bond donors (Lipinski definition) is 1. The molecule has 2 aromatic rings. The Morgan fingerprint density at radius 3 is 2.74 bits per heavy atom. The summed E-state index contributed by atoms with van der Waals surface area (Å²) in [5.74, 6) is -1.11.